The maximum absolute atomic E-state index is 10.5. The maximum atomic E-state index is 10.5. The van der Waals surface area contributed by atoms with E-state index in [1.54, 1.807) is 24.6 Å². The van der Waals surface area contributed by atoms with Crippen molar-refractivity contribution in [2.24, 2.45) is 0 Å². The van der Waals surface area contributed by atoms with Gasteiger partial charge in [-0.15, -0.1) is 0 Å². The Morgan fingerprint density at radius 2 is 2.16 bits per heavy atom. The first-order valence-electron chi connectivity index (χ1n) is 9.75. The van der Waals surface area contributed by atoms with Gasteiger partial charge in [0.05, 0.1) is 0 Å². The summed E-state index contributed by atoms with van der Waals surface area (Å²) >= 11 is 8.93. The summed E-state index contributed by atoms with van der Waals surface area (Å²) in [6, 6.07) is 9.04. The molecular formula is C17H20BBrN5O6PS. The molecular weight excluding hydrogens is 524 g/mol. The molecule has 0 bridgehead atoms. The van der Waals surface area contributed by atoms with E-state index in [1.807, 2.05) is 18.2 Å². The summed E-state index contributed by atoms with van der Waals surface area (Å²) in [5.74, 6) is 1.36. The Morgan fingerprint density at radius 3 is 2.94 bits per heavy atom. The van der Waals surface area contributed by atoms with Gasteiger partial charge in [0.2, 0.25) is 0 Å². The molecule has 0 aliphatic carbocycles. The number of fused-ring (bicyclic) bond motifs is 2. The number of ether oxygens (including phenoxy) is 3. The summed E-state index contributed by atoms with van der Waals surface area (Å²) < 4.78 is 29.3. The van der Waals surface area contributed by atoms with E-state index in [4.69, 9.17) is 41.2 Å². The molecule has 4 N–H and O–H groups in total. The first-order chi connectivity index (χ1) is 15.3. The number of thiocarbonyl (C=S) groups is 1. The second-order valence-electron chi connectivity index (χ2n) is 7.45. The van der Waals surface area contributed by atoms with Gasteiger partial charge in [-0.05, 0) is 0 Å². The predicted molar refractivity (Wildman–Crippen MR) is 128 cm³/mol. The Morgan fingerprint density at radius 1 is 1.38 bits per heavy atom. The number of hydrogen-bond donors (Lipinski definition) is 3. The number of rotatable bonds is 3. The van der Waals surface area contributed by atoms with Crippen LogP contribution in [0.4, 0.5) is 17.3 Å². The van der Waals surface area contributed by atoms with Crippen LogP contribution < -0.4 is 20.7 Å². The number of aromatic nitrogens is 2. The fourth-order valence-electron chi connectivity index (χ4n) is 3.85. The summed E-state index contributed by atoms with van der Waals surface area (Å²) in [5, 5.41) is 2.66. The second kappa shape index (κ2) is 8.52. The van der Waals surface area contributed by atoms with Crippen molar-refractivity contribution < 1.29 is 28.2 Å². The first-order valence-corrected chi connectivity index (χ1v) is 13.3. The summed E-state index contributed by atoms with van der Waals surface area (Å²) in [4.78, 5) is 20.6. The topological polar surface area (TPSA) is 133 Å². The molecule has 0 radical (unpaired) electrons. The van der Waals surface area contributed by atoms with Crippen molar-refractivity contribution in [2.75, 3.05) is 22.6 Å². The number of nitrogens with zero attached hydrogens (tertiary/aromatic N) is 3. The van der Waals surface area contributed by atoms with Gasteiger partial charge < -0.3 is 0 Å². The molecule has 15 heteroatoms. The van der Waals surface area contributed by atoms with Crippen LogP contribution in [0, 0.1) is 0 Å². The van der Waals surface area contributed by atoms with Gasteiger partial charge in [-0.3, -0.25) is 0 Å². The first kappa shape index (κ1) is 22.0. The monoisotopic (exact) mass is 543 g/mol. The number of nitrogen functional groups attached to an aromatic ring is 1. The molecule has 2 saturated heterocycles. The minimum atomic E-state index is -3.35. The number of anilines is 3. The van der Waals surface area contributed by atoms with E-state index in [0.29, 0.717) is 23.1 Å². The standard InChI is InChI=1S/C17H20BBrN5O6PS/c18-31(25)26-6-9-11(30-31)12(29-17(32)27-8-4-2-1-3-5-8)15(28-9)24-14-10(23-16(24)19)13(20)21-7-22-14/h1-5,7,9,11-12,15-16,23,25,31H,6,18H2,(H2,20,21,22)/t9?,11-,12?,15?,16?/m1/s1. The third kappa shape index (κ3) is 4.12. The van der Waals surface area contributed by atoms with Crippen LogP contribution >= 0.6 is 36.0 Å². The molecule has 2 fully saturated rings. The van der Waals surface area contributed by atoms with Crippen molar-refractivity contribution in [1.29, 1.82) is 0 Å². The van der Waals surface area contributed by atoms with Crippen molar-refractivity contribution in [3.8, 4) is 5.75 Å². The molecule has 5 rings (SSSR count). The Kier molecular flexibility index (Phi) is 5.87. The SMILES string of the molecule is B[PH]1(O)OCC2OC(N3c4ncnc(N)c4NC3Br)C(OC(=S)Oc3ccccc3)[C@@H]2O1. The van der Waals surface area contributed by atoms with E-state index >= 15 is 0 Å². The van der Waals surface area contributed by atoms with Gasteiger partial charge in [0.25, 0.3) is 0 Å². The molecule has 32 heavy (non-hydrogen) atoms. The number of para-hydroxylation sites is 1. The predicted octanol–water partition coefficient (Wildman–Crippen LogP) is 0.894. The van der Waals surface area contributed by atoms with Gasteiger partial charge in [-0.25, -0.2) is 0 Å². The molecule has 11 nitrogen and oxygen atoms in total. The fraction of sp³-hybridized carbons (Fsp3) is 0.353. The zero-order chi connectivity index (χ0) is 22.5. The van der Waals surface area contributed by atoms with Crippen molar-refractivity contribution in [3.05, 3.63) is 36.7 Å². The molecule has 4 unspecified atom stereocenters. The Balaban J connectivity index is 1.44. The van der Waals surface area contributed by atoms with Crippen LogP contribution in [0.15, 0.2) is 36.7 Å². The van der Waals surface area contributed by atoms with Crippen LogP contribution in [0.5, 0.6) is 5.75 Å². The number of hydrogen-bond acceptors (Lipinski definition) is 12. The average molecular weight is 544 g/mol. The number of nitrogens with one attached hydrogen (secondary N) is 1. The molecule has 4 heterocycles. The van der Waals surface area contributed by atoms with Crippen molar-refractivity contribution in [3.63, 3.8) is 0 Å². The van der Waals surface area contributed by atoms with Crippen molar-refractivity contribution >= 4 is 66.1 Å². The van der Waals surface area contributed by atoms with Crippen LogP contribution in [0.2, 0.25) is 0 Å². The van der Waals surface area contributed by atoms with Crippen molar-refractivity contribution in [2.45, 2.75) is 29.6 Å². The number of nitrogens with two attached hydrogens (primary N) is 1. The molecule has 1 aromatic carbocycles. The molecule has 3 aliphatic rings. The van der Waals surface area contributed by atoms with Crippen molar-refractivity contribution in [1.82, 2.24) is 9.97 Å². The molecule has 5 atom stereocenters. The average Bonchev–Trinajstić information content (AvgIpc) is 3.25. The van der Waals surface area contributed by atoms with Gasteiger partial charge in [0.15, 0.2) is 0 Å². The number of benzene rings is 1. The van der Waals surface area contributed by atoms with E-state index in [-0.39, 0.29) is 11.8 Å². The molecule has 0 saturated carbocycles. The molecule has 0 amide bonds. The normalized spacial score (nSPS) is 31.2. The van der Waals surface area contributed by atoms with Gasteiger partial charge in [-0.1, -0.05) is 0 Å². The molecule has 3 aliphatic heterocycles. The minimum absolute atomic E-state index is 0.104. The quantitative estimate of drug-likeness (QED) is 0.167. The van der Waals surface area contributed by atoms with Gasteiger partial charge >= 0.3 is 199 Å². The van der Waals surface area contributed by atoms with E-state index in [0.717, 1.165) is 0 Å². The van der Waals surface area contributed by atoms with E-state index in [9.17, 15) is 4.89 Å². The van der Waals surface area contributed by atoms with E-state index < -0.39 is 37.4 Å². The number of halogens is 1. The zero-order valence-corrected chi connectivity index (χ0v) is 20.2. The van der Waals surface area contributed by atoms with Gasteiger partial charge in [-0.2, -0.15) is 0 Å². The molecule has 170 valence electrons. The Labute approximate surface area is 198 Å². The Bertz CT molecular complexity index is 1030. The van der Waals surface area contributed by atoms with E-state index in [1.165, 1.54) is 6.33 Å². The second-order valence-corrected chi connectivity index (χ2v) is 11.0. The summed E-state index contributed by atoms with van der Waals surface area (Å²) in [6.07, 6.45) is -1.26. The summed E-state index contributed by atoms with van der Waals surface area (Å²) in [5.41, 5.74) is 6.57. The molecule has 1 aromatic heterocycles. The zero-order valence-electron chi connectivity index (χ0n) is 16.8. The van der Waals surface area contributed by atoms with Gasteiger partial charge in [0.1, 0.15) is 0 Å². The van der Waals surface area contributed by atoms with Crippen LogP contribution in [-0.4, -0.2) is 63.9 Å². The third-order valence-electron chi connectivity index (χ3n) is 5.22. The van der Waals surface area contributed by atoms with Crippen LogP contribution in [-0.2, 0) is 18.5 Å². The van der Waals surface area contributed by atoms with Crippen LogP contribution in [0.25, 0.3) is 0 Å². The van der Waals surface area contributed by atoms with Crippen LogP contribution in [0.3, 0.4) is 0 Å². The summed E-state index contributed by atoms with van der Waals surface area (Å²) in [7, 11) is -1.80. The van der Waals surface area contributed by atoms with E-state index in [2.05, 4.69) is 31.2 Å². The molecule has 0 spiro atoms. The van der Waals surface area contributed by atoms with Gasteiger partial charge in [0, 0.05) is 0 Å². The summed E-state index contributed by atoms with van der Waals surface area (Å²) in [6.45, 7) is 0.152. The third-order valence-corrected chi connectivity index (χ3v) is 7.48. The molecule has 2 aromatic rings. The fourth-order valence-corrected chi connectivity index (χ4v) is 6.04. The van der Waals surface area contributed by atoms with Crippen LogP contribution in [0.1, 0.15) is 0 Å². The number of alkyl halides is 1. The Hall–Kier alpha value is -1.80.